The van der Waals surface area contributed by atoms with Crippen molar-refractivity contribution in [3.63, 3.8) is 0 Å². The summed E-state index contributed by atoms with van der Waals surface area (Å²) in [6.45, 7) is 5.17. The molecule has 0 radical (unpaired) electrons. The van der Waals surface area contributed by atoms with Crippen LogP contribution in [0.2, 0.25) is 0 Å². The third-order valence-electron chi connectivity index (χ3n) is 1.37. The zero-order valence-corrected chi connectivity index (χ0v) is 8.36. The molecule has 0 heterocycles. The zero-order valence-electron chi connectivity index (χ0n) is 7.55. The third-order valence-corrected chi connectivity index (χ3v) is 2.56. The molecule has 2 nitrogen and oxygen atoms in total. The Bertz CT molecular complexity index is 86.2. The van der Waals surface area contributed by atoms with Crippen LogP contribution in [0.15, 0.2) is 0 Å². The lowest BCUT2D eigenvalue weighted by Gasteiger charge is -2.12. The first-order chi connectivity index (χ1) is 5.16. The third kappa shape index (κ3) is 8.17. The number of rotatable bonds is 6. The van der Waals surface area contributed by atoms with Crippen molar-refractivity contribution in [1.82, 2.24) is 0 Å². The van der Waals surface area contributed by atoms with E-state index in [4.69, 9.17) is 11.5 Å². The predicted molar refractivity (Wildman–Crippen MR) is 53.8 cm³/mol. The van der Waals surface area contributed by atoms with Crippen molar-refractivity contribution < 1.29 is 0 Å². The Morgan fingerprint density at radius 1 is 1.36 bits per heavy atom. The molecule has 0 spiro atoms. The molecule has 4 N–H and O–H groups in total. The first-order valence-corrected chi connectivity index (χ1v) is 5.35. The highest BCUT2D eigenvalue weighted by Gasteiger charge is 2.04. The summed E-state index contributed by atoms with van der Waals surface area (Å²) in [6, 6.07) is 0.353. The van der Waals surface area contributed by atoms with Crippen LogP contribution in [0.4, 0.5) is 0 Å². The number of thioether (sulfide) groups is 1. The number of hydrogen-bond acceptors (Lipinski definition) is 3. The van der Waals surface area contributed by atoms with Gasteiger partial charge in [0.2, 0.25) is 0 Å². The summed E-state index contributed by atoms with van der Waals surface area (Å²) in [5.74, 6) is 2.80. The fourth-order valence-electron chi connectivity index (χ4n) is 0.992. The van der Waals surface area contributed by atoms with Gasteiger partial charge in [0, 0.05) is 24.1 Å². The largest absolute Gasteiger partial charge is 0.330 e. The Labute approximate surface area is 74.1 Å². The van der Waals surface area contributed by atoms with Gasteiger partial charge in [-0.3, -0.25) is 0 Å². The van der Waals surface area contributed by atoms with Crippen molar-refractivity contribution in [1.29, 1.82) is 0 Å². The molecular formula is C8H20N2S. The van der Waals surface area contributed by atoms with Crippen LogP contribution in [0.3, 0.4) is 0 Å². The lowest BCUT2D eigenvalue weighted by molar-refractivity contribution is 0.524. The van der Waals surface area contributed by atoms with E-state index >= 15 is 0 Å². The van der Waals surface area contributed by atoms with Crippen molar-refractivity contribution in [2.75, 3.05) is 18.1 Å². The summed E-state index contributed by atoms with van der Waals surface area (Å²) >= 11 is 1.85. The van der Waals surface area contributed by atoms with Gasteiger partial charge in [-0.25, -0.2) is 0 Å². The lowest BCUT2D eigenvalue weighted by atomic mass is 10.1. The molecule has 11 heavy (non-hydrogen) atoms. The molecular weight excluding hydrogens is 156 g/mol. The molecule has 0 aromatic carbocycles. The van der Waals surface area contributed by atoms with Crippen molar-refractivity contribution in [3.05, 3.63) is 0 Å². The van der Waals surface area contributed by atoms with Gasteiger partial charge in [0.1, 0.15) is 0 Å². The molecule has 0 aliphatic rings. The first-order valence-electron chi connectivity index (χ1n) is 4.20. The van der Waals surface area contributed by atoms with E-state index in [-0.39, 0.29) is 0 Å². The average molecular weight is 176 g/mol. The molecule has 0 unspecified atom stereocenters. The summed E-state index contributed by atoms with van der Waals surface area (Å²) < 4.78 is 0. The van der Waals surface area contributed by atoms with Crippen LogP contribution in [0, 0.1) is 5.92 Å². The molecule has 0 aliphatic carbocycles. The highest BCUT2D eigenvalue weighted by atomic mass is 32.2. The monoisotopic (exact) mass is 176 g/mol. The van der Waals surface area contributed by atoms with Crippen LogP contribution in [0.1, 0.15) is 20.3 Å². The van der Waals surface area contributed by atoms with Crippen molar-refractivity contribution in [2.24, 2.45) is 17.4 Å². The van der Waals surface area contributed by atoms with Gasteiger partial charge in [0.25, 0.3) is 0 Å². The van der Waals surface area contributed by atoms with Gasteiger partial charge in [-0.1, -0.05) is 13.8 Å². The summed E-state index contributed by atoms with van der Waals surface area (Å²) in [7, 11) is 0. The van der Waals surface area contributed by atoms with Gasteiger partial charge in [-0.15, -0.1) is 0 Å². The fraction of sp³-hybridized carbons (Fsp3) is 1.00. The van der Waals surface area contributed by atoms with Crippen LogP contribution >= 0.6 is 11.8 Å². The smallest absolute Gasteiger partial charge is 0.0132 e. The van der Waals surface area contributed by atoms with Gasteiger partial charge in [-0.05, 0) is 12.3 Å². The van der Waals surface area contributed by atoms with Crippen LogP contribution < -0.4 is 11.5 Å². The summed E-state index contributed by atoms with van der Waals surface area (Å²) in [5, 5.41) is 0. The molecule has 0 aromatic rings. The van der Waals surface area contributed by atoms with E-state index in [0.717, 1.165) is 24.5 Å². The van der Waals surface area contributed by atoms with Gasteiger partial charge >= 0.3 is 0 Å². The molecule has 0 saturated heterocycles. The van der Waals surface area contributed by atoms with E-state index < -0.39 is 0 Å². The minimum absolute atomic E-state index is 0.353. The van der Waals surface area contributed by atoms with E-state index in [1.165, 1.54) is 0 Å². The van der Waals surface area contributed by atoms with Crippen LogP contribution in [-0.2, 0) is 0 Å². The number of hydrogen-bond donors (Lipinski definition) is 2. The van der Waals surface area contributed by atoms with Gasteiger partial charge < -0.3 is 11.5 Å². The average Bonchev–Trinajstić information content (AvgIpc) is 1.86. The van der Waals surface area contributed by atoms with Gasteiger partial charge in [-0.2, -0.15) is 11.8 Å². The SMILES string of the molecule is CC(C)C[C@@H](N)CSCCN. The molecule has 3 heteroatoms. The molecule has 68 valence electrons. The Kier molecular flexibility index (Phi) is 7.12. The Morgan fingerprint density at radius 3 is 2.45 bits per heavy atom. The molecule has 1 atom stereocenters. The second-order valence-corrected chi connectivity index (χ2v) is 4.40. The highest BCUT2D eigenvalue weighted by molar-refractivity contribution is 7.99. The standard InChI is InChI=1S/C8H20N2S/c1-7(2)5-8(10)6-11-4-3-9/h7-8H,3-6,9-10H2,1-2H3/t8-/m1/s1. The Hall–Kier alpha value is 0.270. The van der Waals surface area contributed by atoms with Crippen molar-refractivity contribution >= 4 is 11.8 Å². The van der Waals surface area contributed by atoms with E-state index in [1.807, 2.05) is 11.8 Å². The second-order valence-electron chi connectivity index (χ2n) is 3.25. The van der Waals surface area contributed by atoms with E-state index in [0.29, 0.717) is 12.0 Å². The topological polar surface area (TPSA) is 52.0 Å². The quantitative estimate of drug-likeness (QED) is 0.595. The minimum atomic E-state index is 0.353. The minimum Gasteiger partial charge on any atom is -0.330 e. The predicted octanol–water partition coefficient (Wildman–Crippen LogP) is 1.05. The van der Waals surface area contributed by atoms with E-state index in [9.17, 15) is 0 Å². The highest BCUT2D eigenvalue weighted by Crippen LogP contribution is 2.08. The van der Waals surface area contributed by atoms with Crippen LogP contribution in [0.25, 0.3) is 0 Å². The summed E-state index contributed by atoms with van der Waals surface area (Å²) in [4.78, 5) is 0. The van der Waals surface area contributed by atoms with Gasteiger partial charge in [0.05, 0.1) is 0 Å². The zero-order chi connectivity index (χ0) is 8.69. The molecule has 0 amide bonds. The lowest BCUT2D eigenvalue weighted by Crippen LogP contribution is -2.25. The maximum absolute atomic E-state index is 5.85. The maximum Gasteiger partial charge on any atom is 0.0132 e. The molecule has 0 rings (SSSR count). The fourth-order valence-corrected chi connectivity index (χ4v) is 1.76. The van der Waals surface area contributed by atoms with E-state index in [1.54, 1.807) is 0 Å². The van der Waals surface area contributed by atoms with Crippen molar-refractivity contribution in [3.8, 4) is 0 Å². The second kappa shape index (κ2) is 6.95. The molecule has 0 aliphatic heterocycles. The summed E-state index contributed by atoms with van der Waals surface area (Å²) in [6.07, 6.45) is 1.12. The van der Waals surface area contributed by atoms with Crippen molar-refractivity contribution in [2.45, 2.75) is 26.3 Å². The first kappa shape index (κ1) is 11.3. The number of nitrogens with two attached hydrogens (primary N) is 2. The van der Waals surface area contributed by atoms with E-state index in [2.05, 4.69) is 13.8 Å². The molecule has 0 saturated carbocycles. The molecule has 0 bridgehead atoms. The Balaban J connectivity index is 3.15. The van der Waals surface area contributed by atoms with Crippen LogP contribution in [-0.4, -0.2) is 24.1 Å². The summed E-state index contributed by atoms with van der Waals surface area (Å²) in [5.41, 5.74) is 11.2. The Morgan fingerprint density at radius 2 is 2.00 bits per heavy atom. The maximum atomic E-state index is 5.85. The van der Waals surface area contributed by atoms with Gasteiger partial charge in [0.15, 0.2) is 0 Å². The molecule has 0 aromatic heterocycles. The van der Waals surface area contributed by atoms with Crippen LogP contribution in [0.5, 0.6) is 0 Å². The normalized spacial score (nSPS) is 13.9. The molecule has 0 fully saturated rings.